The van der Waals surface area contributed by atoms with Crippen LogP contribution in [0.4, 0.5) is 0 Å². The molecule has 0 unspecified atom stereocenters. The van der Waals surface area contributed by atoms with Crippen molar-refractivity contribution in [3.8, 4) is 5.75 Å². The van der Waals surface area contributed by atoms with Crippen LogP contribution in [0.15, 0.2) is 17.0 Å². The summed E-state index contributed by atoms with van der Waals surface area (Å²) >= 11 is 0. The average Bonchev–Trinajstić information content (AvgIpc) is 2.64. The normalized spacial score (nSPS) is 18.8. The molecule has 6 heteroatoms. The summed E-state index contributed by atoms with van der Waals surface area (Å²) in [6.07, 6.45) is 5.85. The van der Waals surface area contributed by atoms with Crippen molar-refractivity contribution in [2.75, 3.05) is 26.7 Å². The Kier molecular flexibility index (Phi) is 8.13. The van der Waals surface area contributed by atoms with Crippen LogP contribution in [0.2, 0.25) is 0 Å². The number of methoxy groups -OCH3 is 1. The number of sulfonamides is 1. The van der Waals surface area contributed by atoms with Gasteiger partial charge in [-0.25, -0.2) is 13.1 Å². The molecule has 1 aromatic rings. The van der Waals surface area contributed by atoms with E-state index >= 15 is 0 Å². The van der Waals surface area contributed by atoms with Gasteiger partial charge in [0.05, 0.1) is 12.0 Å². The van der Waals surface area contributed by atoms with Crippen LogP contribution in [0, 0.1) is 6.92 Å². The monoisotopic (exact) mass is 396 g/mol. The summed E-state index contributed by atoms with van der Waals surface area (Å²) in [7, 11) is -1.90. The highest BCUT2D eigenvalue weighted by atomic mass is 32.2. The molecule has 154 valence electrons. The lowest BCUT2D eigenvalue weighted by Crippen LogP contribution is -2.40. The first-order chi connectivity index (χ1) is 12.8. The second-order valence-corrected chi connectivity index (χ2v) is 9.59. The highest BCUT2D eigenvalue weighted by Gasteiger charge is 2.22. The van der Waals surface area contributed by atoms with Crippen LogP contribution in [-0.2, 0) is 10.0 Å². The first-order valence-electron chi connectivity index (χ1n) is 10.2. The summed E-state index contributed by atoms with van der Waals surface area (Å²) in [6.45, 7) is 10.7. The number of nitrogens with zero attached hydrogens (tertiary/aromatic N) is 1. The number of rotatable bonds is 9. The van der Waals surface area contributed by atoms with Gasteiger partial charge < -0.3 is 9.64 Å². The number of aryl methyl sites for hydroxylation is 1. The van der Waals surface area contributed by atoms with Crippen molar-refractivity contribution in [2.24, 2.45) is 0 Å². The molecule has 0 aliphatic carbocycles. The van der Waals surface area contributed by atoms with Gasteiger partial charge in [-0.3, -0.25) is 0 Å². The minimum Gasteiger partial charge on any atom is -0.496 e. The summed E-state index contributed by atoms with van der Waals surface area (Å²) in [5.74, 6) is 0.941. The topological polar surface area (TPSA) is 58.6 Å². The SMILES string of the molecule is CC[C@@H]1CCCCN1CCCNS(=O)(=O)c1cc(C(C)C)c(OC)cc1C. The van der Waals surface area contributed by atoms with E-state index < -0.39 is 10.0 Å². The van der Waals surface area contributed by atoms with E-state index in [4.69, 9.17) is 4.74 Å². The third-order valence-electron chi connectivity index (χ3n) is 5.57. The fourth-order valence-electron chi connectivity index (χ4n) is 3.98. The van der Waals surface area contributed by atoms with Gasteiger partial charge in [-0.15, -0.1) is 0 Å². The summed E-state index contributed by atoms with van der Waals surface area (Å²) in [5.41, 5.74) is 1.63. The lowest BCUT2D eigenvalue weighted by molar-refractivity contribution is 0.143. The number of benzene rings is 1. The molecule has 1 N–H and O–H groups in total. The van der Waals surface area contributed by atoms with Crippen molar-refractivity contribution in [1.29, 1.82) is 0 Å². The second kappa shape index (κ2) is 9.89. The van der Waals surface area contributed by atoms with Crippen molar-refractivity contribution in [1.82, 2.24) is 9.62 Å². The molecule has 0 spiro atoms. The molecule has 5 nitrogen and oxygen atoms in total. The molecule has 1 fully saturated rings. The molecule has 1 aliphatic heterocycles. The maximum atomic E-state index is 12.8. The van der Waals surface area contributed by atoms with Crippen LogP contribution in [-0.4, -0.2) is 46.1 Å². The Labute approximate surface area is 165 Å². The molecule has 1 heterocycles. The molecule has 0 amide bonds. The van der Waals surface area contributed by atoms with Crippen LogP contribution >= 0.6 is 0 Å². The summed E-state index contributed by atoms with van der Waals surface area (Å²) < 4.78 is 33.9. The lowest BCUT2D eigenvalue weighted by atomic mass is 10.00. The smallest absolute Gasteiger partial charge is 0.240 e. The highest BCUT2D eigenvalue weighted by Crippen LogP contribution is 2.31. The zero-order valence-electron chi connectivity index (χ0n) is 17.5. The van der Waals surface area contributed by atoms with Crippen LogP contribution in [0.5, 0.6) is 5.75 Å². The Morgan fingerprint density at radius 1 is 1.30 bits per heavy atom. The number of piperidine rings is 1. The molecule has 27 heavy (non-hydrogen) atoms. The molecule has 0 aromatic heterocycles. The summed E-state index contributed by atoms with van der Waals surface area (Å²) in [4.78, 5) is 2.88. The number of hydrogen-bond acceptors (Lipinski definition) is 4. The molecule has 0 bridgehead atoms. The van der Waals surface area contributed by atoms with Gasteiger partial charge >= 0.3 is 0 Å². The fourth-order valence-corrected chi connectivity index (χ4v) is 5.31. The molecule has 1 aliphatic rings. The van der Waals surface area contributed by atoms with Gasteiger partial charge in [-0.1, -0.05) is 27.2 Å². The standard InChI is InChI=1S/C21H36N2O3S/c1-6-18-10-7-8-12-23(18)13-9-11-22-27(24,25)21-15-19(16(2)3)20(26-5)14-17(21)4/h14-16,18,22H,6-13H2,1-5H3/t18-/m1/s1. The van der Waals surface area contributed by atoms with Crippen molar-refractivity contribution in [2.45, 2.75) is 76.7 Å². The number of nitrogens with one attached hydrogen (secondary N) is 1. The second-order valence-electron chi connectivity index (χ2n) is 7.86. The predicted octanol–water partition coefficient (Wildman–Crippen LogP) is 4.06. The first-order valence-corrected chi connectivity index (χ1v) is 11.7. The Hall–Kier alpha value is -1.11. The maximum absolute atomic E-state index is 12.8. The van der Waals surface area contributed by atoms with Crippen LogP contribution in [0.3, 0.4) is 0 Å². The van der Waals surface area contributed by atoms with E-state index in [9.17, 15) is 8.42 Å². The van der Waals surface area contributed by atoms with E-state index in [-0.39, 0.29) is 5.92 Å². The van der Waals surface area contributed by atoms with Gasteiger partial charge in [-0.05, 0) is 74.9 Å². The van der Waals surface area contributed by atoms with Crippen molar-refractivity contribution in [3.63, 3.8) is 0 Å². The van der Waals surface area contributed by atoms with Crippen LogP contribution in [0.1, 0.15) is 69.9 Å². The minimum atomic E-state index is -3.52. The van der Waals surface area contributed by atoms with Crippen molar-refractivity contribution >= 4 is 10.0 Å². The maximum Gasteiger partial charge on any atom is 0.240 e. The van der Waals surface area contributed by atoms with Crippen molar-refractivity contribution < 1.29 is 13.2 Å². The quantitative estimate of drug-likeness (QED) is 0.640. The van der Waals surface area contributed by atoms with Gasteiger partial charge in [-0.2, -0.15) is 0 Å². The zero-order chi connectivity index (χ0) is 20.0. The first kappa shape index (κ1) is 22.2. The molecule has 0 saturated carbocycles. The van der Waals surface area contributed by atoms with Crippen molar-refractivity contribution in [3.05, 3.63) is 23.3 Å². The van der Waals surface area contributed by atoms with Gasteiger partial charge in [0.15, 0.2) is 0 Å². The molecular formula is C21H36N2O3S. The molecule has 1 aromatic carbocycles. The Morgan fingerprint density at radius 3 is 2.67 bits per heavy atom. The predicted molar refractivity (Wildman–Crippen MR) is 111 cm³/mol. The Balaban J connectivity index is 2.01. The van der Waals surface area contributed by atoms with E-state index in [0.717, 1.165) is 30.8 Å². The third-order valence-corrected chi connectivity index (χ3v) is 7.18. The lowest BCUT2D eigenvalue weighted by Gasteiger charge is -2.35. The van der Waals surface area contributed by atoms with E-state index in [1.165, 1.54) is 25.7 Å². The summed E-state index contributed by atoms with van der Waals surface area (Å²) in [5, 5.41) is 0. The van der Waals surface area contributed by atoms with Crippen LogP contribution in [0.25, 0.3) is 0 Å². The van der Waals surface area contributed by atoms with E-state index in [1.807, 2.05) is 26.8 Å². The third kappa shape index (κ3) is 5.69. The van der Waals surface area contributed by atoms with E-state index in [0.29, 0.717) is 23.0 Å². The fraction of sp³-hybridized carbons (Fsp3) is 0.714. The summed E-state index contributed by atoms with van der Waals surface area (Å²) in [6, 6.07) is 4.25. The number of ether oxygens (including phenoxy) is 1. The average molecular weight is 397 g/mol. The molecular weight excluding hydrogens is 360 g/mol. The minimum absolute atomic E-state index is 0.194. The molecule has 1 saturated heterocycles. The molecule has 1 atom stereocenters. The van der Waals surface area contributed by atoms with E-state index in [1.54, 1.807) is 13.2 Å². The zero-order valence-corrected chi connectivity index (χ0v) is 18.4. The van der Waals surface area contributed by atoms with Crippen LogP contribution < -0.4 is 9.46 Å². The van der Waals surface area contributed by atoms with Gasteiger partial charge in [0.1, 0.15) is 5.75 Å². The number of hydrogen-bond donors (Lipinski definition) is 1. The van der Waals surface area contributed by atoms with E-state index in [2.05, 4.69) is 16.5 Å². The van der Waals surface area contributed by atoms with Gasteiger partial charge in [0.2, 0.25) is 10.0 Å². The van der Waals surface area contributed by atoms with Gasteiger partial charge in [0.25, 0.3) is 0 Å². The molecule has 0 radical (unpaired) electrons. The largest absolute Gasteiger partial charge is 0.496 e. The Bertz CT molecular complexity index is 716. The highest BCUT2D eigenvalue weighted by molar-refractivity contribution is 7.89. The van der Waals surface area contributed by atoms with Gasteiger partial charge in [0, 0.05) is 12.6 Å². The number of likely N-dealkylation sites (tertiary alicyclic amines) is 1. The molecule has 2 rings (SSSR count). The Morgan fingerprint density at radius 2 is 2.04 bits per heavy atom.